The van der Waals surface area contributed by atoms with Crippen molar-refractivity contribution in [3.63, 3.8) is 0 Å². The van der Waals surface area contributed by atoms with Crippen molar-refractivity contribution in [3.8, 4) is 84.4 Å². The number of furan rings is 1. The highest BCUT2D eigenvalue weighted by molar-refractivity contribution is 6.29. The number of fused-ring (bicyclic) bond motifs is 10. The van der Waals surface area contributed by atoms with Crippen LogP contribution >= 0.6 is 0 Å². The molecule has 0 N–H and O–H groups in total. The minimum Gasteiger partial charge on any atom is -0.456 e. The van der Waals surface area contributed by atoms with E-state index in [1.807, 2.05) is 36.4 Å². The van der Waals surface area contributed by atoms with E-state index in [4.69, 9.17) is 19.4 Å². The third-order valence-corrected chi connectivity index (χ3v) is 13.4. The maximum absolute atomic E-state index is 6.23. The molecule has 0 unspecified atom stereocenters. The molecule has 66 heavy (non-hydrogen) atoms. The lowest BCUT2D eigenvalue weighted by Gasteiger charge is -2.13. The Morgan fingerprint density at radius 2 is 0.818 bits per heavy atom. The van der Waals surface area contributed by atoms with Crippen molar-refractivity contribution in [2.75, 3.05) is 0 Å². The second kappa shape index (κ2) is 14.3. The number of aromatic nitrogens is 4. The van der Waals surface area contributed by atoms with Crippen LogP contribution in [0.3, 0.4) is 0 Å². The quantitative estimate of drug-likeness (QED) is 0.167. The van der Waals surface area contributed by atoms with Crippen molar-refractivity contribution in [2.45, 2.75) is 0 Å². The van der Waals surface area contributed by atoms with Crippen LogP contribution < -0.4 is 0 Å². The van der Waals surface area contributed by atoms with Crippen LogP contribution in [0.1, 0.15) is 0 Å². The largest absolute Gasteiger partial charge is 0.456 e. The molecule has 0 amide bonds. The van der Waals surface area contributed by atoms with E-state index in [1.54, 1.807) is 0 Å². The summed E-state index contributed by atoms with van der Waals surface area (Å²) < 4.78 is 8.66. The van der Waals surface area contributed by atoms with Gasteiger partial charge in [-0.25, -0.2) is 15.0 Å². The molecule has 0 bridgehead atoms. The second-order valence-corrected chi connectivity index (χ2v) is 17.1. The summed E-state index contributed by atoms with van der Waals surface area (Å²) in [5, 5.41) is 7.21. The van der Waals surface area contributed by atoms with Crippen molar-refractivity contribution in [1.82, 2.24) is 19.5 Å². The van der Waals surface area contributed by atoms with Crippen molar-refractivity contribution < 1.29 is 4.42 Å². The predicted molar refractivity (Wildman–Crippen MR) is 271 cm³/mol. The van der Waals surface area contributed by atoms with Gasteiger partial charge in [-0.2, -0.15) is 0 Å². The third kappa shape index (κ3) is 5.63. The molecule has 13 aromatic rings. The summed E-state index contributed by atoms with van der Waals surface area (Å²) >= 11 is 0. The molecular formula is C61H36N4O. The maximum Gasteiger partial charge on any atom is 0.164 e. The number of para-hydroxylation sites is 1. The van der Waals surface area contributed by atoms with E-state index in [0.717, 1.165) is 72.0 Å². The third-order valence-electron chi connectivity index (χ3n) is 13.4. The van der Waals surface area contributed by atoms with Crippen LogP contribution in [-0.2, 0) is 0 Å². The second-order valence-electron chi connectivity index (χ2n) is 17.1. The molecule has 14 rings (SSSR count). The van der Waals surface area contributed by atoms with E-state index in [0.29, 0.717) is 17.5 Å². The first-order chi connectivity index (χ1) is 32.7. The van der Waals surface area contributed by atoms with Gasteiger partial charge in [-0.15, -0.1) is 0 Å². The molecule has 0 radical (unpaired) electrons. The van der Waals surface area contributed by atoms with E-state index < -0.39 is 0 Å². The first kappa shape index (κ1) is 36.5. The molecule has 0 atom stereocenters. The SMILES string of the molecule is c1ccc(-c2ccc(-c3nc(-c4ccccc4)nc(-c4cccc(-n5c6ccc(-c7ccc8oc9ccccc9c8c7)cc6c6c7cccc8c7c(cc65)-c5ccccc5-8)c4)n3)cc2)cc1. The highest BCUT2D eigenvalue weighted by atomic mass is 16.3. The topological polar surface area (TPSA) is 56.7 Å². The maximum atomic E-state index is 6.23. The van der Waals surface area contributed by atoms with Crippen molar-refractivity contribution in [1.29, 1.82) is 0 Å². The Kier molecular flexibility index (Phi) is 7.91. The summed E-state index contributed by atoms with van der Waals surface area (Å²) in [5.74, 6) is 1.86. The van der Waals surface area contributed by atoms with Gasteiger partial charge in [-0.3, -0.25) is 0 Å². The Hall–Kier alpha value is -8.93. The Morgan fingerprint density at radius 1 is 0.288 bits per heavy atom. The molecule has 5 heteroatoms. The lowest BCUT2D eigenvalue weighted by Crippen LogP contribution is -2.01. The van der Waals surface area contributed by atoms with Crippen molar-refractivity contribution in [2.24, 2.45) is 0 Å². The molecule has 306 valence electrons. The standard InChI is InChI=1S/C61H36N4O/c1-3-13-37(14-4-1)38-25-27-40(28-26-38)60-62-59(39-15-5-2-6-16-39)63-61(64-60)43-17-11-18-44(33-43)65-53-31-29-41(42-30-32-56-50(34-42)47-21-9-10-24-55(47)66-56)35-52(53)58-49-23-12-22-48-45-19-7-8-20-46(45)51(57(48)49)36-54(58)65/h1-36H. The Bertz CT molecular complexity index is 4090. The first-order valence-electron chi connectivity index (χ1n) is 22.3. The number of benzene rings is 10. The Balaban J connectivity index is 0.976. The number of nitrogens with zero attached hydrogens (tertiary/aromatic N) is 4. The summed E-state index contributed by atoms with van der Waals surface area (Å²) in [6, 6.07) is 77.5. The molecule has 3 aromatic heterocycles. The highest BCUT2D eigenvalue weighted by Crippen LogP contribution is 2.51. The van der Waals surface area contributed by atoms with E-state index in [9.17, 15) is 0 Å². The molecular weight excluding hydrogens is 805 g/mol. The molecule has 0 spiro atoms. The minimum absolute atomic E-state index is 0.612. The Morgan fingerprint density at radius 3 is 1.61 bits per heavy atom. The normalized spacial score (nSPS) is 11.9. The van der Waals surface area contributed by atoms with Crippen LogP contribution in [-0.4, -0.2) is 19.5 Å². The monoisotopic (exact) mass is 840 g/mol. The molecule has 5 nitrogen and oxygen atoms in total. The van der Waals surface area contributed by atoms with Gasteiger partial charge in [0.25, 0.3) is 0 Å². The van der Waals surface area contributed by atoms with Gasteiger partial charge in [0.15, 0.2) is 17.5 Å². The van der Waals surface area contributed by atoms with Crippen LogP contribution in [0.4, 0.5) is 0 Å². The van der Waals surface area contributed by atoms with Gasteiger partial charge in [0.05, 0.1) is 11.0 Å². The molecule has 1 aliphatic carbocycles. The number of hydrogen-bond donors (Lipinski definition) is 0. The Labute approximate surface area is 379 Å². The zero-order valence-electron chi connectivity index (χ0n) is 35.5. The van der Waals surface area contributed by atoms with Gasteiger partial charge in [-0.05, 0) is 104 Å². The van der Waals surface area contributed by atoms with Crippen LogP contribution in [0.15, 0.2) is 223 Å². The molecule has 0 aliphatic heterocycles. The molecule has 0 fully saturated rings. The van der Waals surface area contributed by atoms with E-state index >= 15 is 0 Å². The van der Waals surface area contributed by atoms with E-state index in [2.05, 4.69) is 187 Å². The molecule has 0 saturated carbocycles. The summed E-state index contributed by atoms with van der Waals surface area (Å²) in [7, 11) is 0. The predicted octanol–water partition coefficient (Wildman–Crippen LogP) is 16.0. The van der Waals surface area contributed by atoms with Gasteiger partial charge in [0.1, 0.15) is 11.2 Å². The fourth-order valence-corrected chi connectivity index (χ4v) is 10.3. The summed E-state index contributed by atoms with van der Waals surface area (Å²) in [4.78, 5) is 15.4. The van der Waals surface area contributed by atoms with Gasteiger partial charge < -0.3 is 8.98 Å². The van der Waals surface area contributed by atoms with Crippen molar-refractivity contribution >= 4 is 54.5 Å². The van der Waals surface area contributed by atoms with Crippen LogP contribution in [0.5, 0.6) is 0 Å². The lowest BCUT2D eigenvalue weighted by atomic mass is 9.96. The average Bonchev–Trinajstić information content (AvgIpc) is 4.05. The highest BCUT2D eigenvalue weighted by Gasteiger charge is 2.26. The van der Waals surface area contributed by atoms with Gasteiger partial charge in [0.2, 0.25) is 0 Å². The summed E-state index contributed by atoms with van der Waals surface area (Å²) in [6.45, 7) is 0. The van der Waals surface area contributed by atoms with Crippen LogP contribution in [0.25, 0.3) is 139 Å². The smallest absolute Gasteiger partial charge is 0.164 e. The summed E-state index contributed by atoms with van der Waals surface area (Å²) in [5.41, 5.74) is 17.5. The van der Waals surface area contributed by atoms with Gasteiger partial charge in [-0.1, -0.05) is 170 Å². The zero-order chi connectivity index (χ0) is 43.3. The average molecular weight is 841 g/mol. The summed E-state index contributed by atoms with van der Waals surface area (Å²) in [6.07, 6.45) is 0. The number of hydrogen-bond acceptors (Lipinski definition) is 4. The van der Waals surface area contributed by atoms with E-state index in [1.165, 1.54) is 49.4 Å². The van der Waals surface area contributed by atoms with Crippen molar-refractivity contribution in [3.05, 3.63) is 218 Å². The van der Waals surface area contributed by atoms with Gasteiger partial charge in [0, 0.05) is 43.9 Å². The van der Waals surface area contributed by atoms with Crippen LogP contribution in [0, 0.1) is 0 Å². The molecule has 3 heterocycles. The molecule has 1 aliphatic rings. The fraction of sp³-hybridized carbons (Fsp3) is 0. The van der Waals surface area contributed by atoms with E-state index in [-0.39, 0.29) is 0 Å². The lowest BCUT2D eigenvalue weighted by molar-refractivity contribution is 0.669. The van der Waals surface area contributed by atoms with Crippen LogP contribution in [0.2, 0.25) is 0 Å². The fourth-order valence-electron chi connectivity index (χ4n) is 10.3. The zero-order valence-corrected chi connectivity index (χ0v) is 35.5. The molecule has 0 saturated heterocycles. The first-order valence-corrected chi connectivity index (χ1v) is 22.3. The van der Waals surface area contributed by atoms with Gasteiger partial charge >= 0.3 is 0 Å². The number of rotatable bonds is 6. The molecule has 10 aromatic carbocycles. The minimum atomic E-state index is 0.612.